The van der Waals surface area contributed by atoms with E-state index in [1.54, 1.807) is 48.7 Å². The number of aromatic nitrogens is 1. The highest BCUT2D eigenvalue weighted by Crippen LogP contribution is 2.25. The molecule has 144 valence electrons. The number of hydrogen-bond donors (Lipinski definition) is 0. The van der Waals surface area contributed by atoms with E-state index in [0.29, 0.717) is 22.6 Å². The summed E-state index contributed by atoms with van der Waals surface area (Å²) in [5, 5.41) is 20.4. The van der Waals surface area contributed by atoms with Gasteiger partial charge < -0.3 is 4.57 Å². The number of non-ortho nitro benzene ring substituents is 1. The van der Waals surface area contributed by atoms with E-state index < -0.39 is 16.5 Å². The number of allylic oxidation sites excluding steroid dienone is 1. The zero-order chi connectivity index (χ0) is 21.1. The summed E-state index contributed by atoms with van der Waals surface area (Å²) in [6.07, 6.45) is 1.31. The molecule has 0 saturated heterocycles. The van der Waals surface area contributed by atoms with Crippen LogP contribution in [0.5, 0.6) is 0 Å². The summed E-state index contributed by atoms with van der Waals surface area (Å²) in [6, 6.07) is 15.3. The molecule has 0 spiro atoms. The van der Waals surface area contributed by atoms with Crippen LogP contribution in [0, 0.1) is 41.1 Å². The lowest BCUT2D eigenvalue weighted by Gasteiger charge is -2.10. The molecule has 0 fully saturated rings. The van der Waals surface area contributed by atoms with Crippen LogP contribution in [0.2, 0.25) is 0 Å². The number of nitriles is 1. The highest BCUT2D eigenvalue weighted by Gasteiger charge is 2.21. The number of aryl methyl sites for hydroxylation is 1. The largest absolute Gasteiger partial charge is 0.315 e. The Morgan fingerprint density at radius 2 is 1.90 bits per heavy atom. The van der Waals surface area contributed by atoms with Crippen LogP contribution in [0.15, 0.2) is 60.2 Å². The van der Waals surface area contributed by atoms with Gasteiger partial charge in [-0.1, -0.05) is 24.3 Å². The molecule has 0 aliphatic heterocycles. The fourth-order valence-corrected chi connectivity index (χ4v) is 3.18. The molecule has 0 saturated carbocycles. The first-order chi connectivity index (χ1) is 13.8. The van der Waals surface area contributed by atoms with E-state index in [0.717, 1.165) is 0 Å². The molecule has 0 amide bonds. The molecule has 1 aromatic heterocycles. The van der Waals surface area contributed by atoms with E-state index in [1.807, 2.05) is 6.07 Å². The molecular weight excluding hydrogens is 373 g/mol. The number of Topliss-reactive ketones (excluding diaryl/α,β-unsaturated/α-hetero) is 1. The monoisotopic (exact) mass is 389 g/mol. The van der Waals surface area contributed by atoms with Crippen LogP contribution < -0.4 is 0 Å². The third-order valence-electron chi connectivity index (χ3n) is 4.53. The summed E-state index contributed by atoms with van der Waals surface area (Å²) >= 11 is 0. The number of nitro benzene ring substituents is 1. The Labute approximate surface area is 166 Å². The quantitative estimate of drug-likeness (QED) is 0.203. The van der Waals surface area contributed by atoms with Crippen molar-refractivity contribution < 1.29 is 14.1 Å². The topological polar surface area (TPSA) is 88.9 Å². The average molecular weight is 389 g/mol. The Bertz CT molecular complexity index is 1200. The van der Waals surface area contributed by atoms with Crippen LogP contribution in [-0.2, 0) is 0 Å². The number of carbonyl (C=O) groups is 1. The Morgan fingerprint density at radius 3 is 2.55 bits per heavy atom. The second-order valence-corrected chi connectivity index (χ2v) is 6.42. The van der Waals surface area contributed by atoms with Gasteiger partial charge in [0.05, 0.1) is 10.6 Å². The SMILES string of the molecule is Cc1cc(C(=O)C(C#N)=Cc2cccc([N+](=O)[O-])c2)c(C)n1-c1ccccc1F. The van der Waals surface area contributed by atoms with E-state index in [2.05, 4.69) is 0 Å². The van der Waals surface area contributed by atoms with E-state index in [1.165, 1.54) is 30.3 Å². The van der Waals surface area contributed by atoms with Crippen molar-refractivity contribution in [3.05, 3.63) is 98.6 Å². The second-order valence-electron chi connectivity index (χ2n) is 6.42. The van der Waals surface area contributed by atoms with Gasteiger partial charge in [-0.2, -0.15) is 5.26 Å². The van der Waals surface area contributed by atoms with Crippen LogP contribution >= 0.6 is 0 Å². The molecule has 3 aromatic rings. The summed E-state index contributed by atoms with van der Waals surface area (Å²) in [6.45, 7) is 3.42. The number of nitrogens with zero attached hydrogens (tertiary/aromatic N) is 3. The Kier molecular flexibility index (Phi) is 5.37. The molecular formula is C22H16FN3O3. The minimum Gasteiger partial charge on any atom is -0.315 e. The van der Waals surface area contributed by atoms with E-state index >= 15 is 0 Å². The van der Waals surface area contributed by atoms with Crippen molar-refractivity contribution in [3.63, 3.8) is 0 Å². The molecule has 1 heterocycles. The molecule has 2 aromatic carbocycles. The van der Waals surface area contributed by atoms with Gasteiger partial charge >= 0.3 is 0 Å². The Balaban J connectivity index is 2.05. The van der Waals surface area contributed by atoms with Crippen LogP contribution in [0.25, 0.3) is 11.8 Å². The molecule has 0 unspecified atom stereocenters. The lowest BCUT2D eigenvalue weighted by Crippen LogP contribution is -2.06. The smallest absolute Gasteiger partial charge is 0.270 e. The molecule has 0 bridgehead atoms. The summed E-state index contributed by atoms with van der Waals surface area (Å²) in [7, 11) is 0. The van der Waals surface area contributed by atoms with Gasteiger partial charge in [0, 0.05) is 29.1 Å². The molecule has 3 rings (SSSR count). The third kappa shape index (κ3) is 3.82. The normalized spacial score (nSPS) is 11.2. The predicted octanol–water partition coefficient (Wildman–Crippen LogP) is 4.93. The number of benzene rings is 2. The molecule has 0 aliphatic carbocycles. The van der Waals surface area contributed by atoms with Crippen LogP contribution in [0.1, 0.15) is 27.3 Å². The maximum atomic E-state index is 14.2. The fraction of sp³-hybridized carbons (Fsp3) is 0.0909. The van der Waals surface area contributed by atoms with Crippen LogP contribution in [0.3, 0.4) is 0 Å². The lowest BCUT2D eigenvalue weighted by atomic mass is 10.0. The number of nitro groups is 1. The van der Waals surface area contributed by atoms with E-state index in [4.69, 9.17) is 0 Å². The first-order valence-electron chi connectivity index (χ1n) is 8.68. The summed E-state index contributed by atoms with van der Waals surface area (Å²) in [5.41, 5.74) is 1.78. The second kappa shape index (κ2) is 7.90. The van der Waals surface area contributed by atoms with Gasteiger partial charge in [0.25, 0.3) is 5.69 Å². The zero-order valence-electron chi connectivity index (χ0n) is 15.7. The van der Waals surface area contributed by atoms with Gasteiger partial charge in [0.15, 0.2) is 0 Å². The third-order valence-corrected chi connectivity index (χ3v) is 4.53. The van der Waals surface area contributed by atoms with E-state index in [9.17, 15) is 24.6 Å². The summed E-state index contributed by atoms with van der Waals surface area (Å²) in [5.74, 6) is -0.962. The predicted molar refractivity (Wildman–Crippen MR) is 106 cm³/mol. The Morgan fingerprint density at radius 1 is 1.17 bits per heavy atom. The van der Waals surface area contributed by atoms with Gasteiger partial charge in [0.2, 0.25) is 5.78 Å². The van der Waals surface area contributed by atoms with Crippen molar-refractivity contribution in [2.24, 2.45) is 0 Å². The van der Waals surface area contributed by atoms with Crippen LogP contribution in [0.4, 0.5) is 10.1 Å². The summed E-state index contributed by atoms with van der Waals surface area (Å²) < 4.78 is 15.9. The van der Waals surface area contributed by atoms with Crippen molar-refractivity contribution >= 4 is 17.5 Å². The average Bonchev–Trinajstić information content (AvgIpc) is 3.00. The molecule has 0 radical (unpaired) electrons. The highest BCUT2D eigenvalue weighted by molar-refractivity contribution is 6.14. The van der Waals surface area contributed by atoms with Gasteiger partial charge in [-0.05, 0) is 43.7 Å². The lowest BCUT2D eigenvalue weighted by molar-refractivity contribution is -0.384. The van der Waals surface area contributed by atoms with Gasteiger partial charge in [-0.3, -0.25) is 14.9 Å². The van der Waals surface area contributed by atoms with Crippen molar-refractivity contribution in [3.8, 4) is 11.8 Å². The number of ketones is 1. The standard InChI is InChI=1S/C22H16FN3O3/c1-14-10-19(15(2)25(14)21-9-4-3-8-20(21)23)22(27)17(13-24)11-16-6-5-7-18(12-16)26(28)29/h3-12H,1-2H3. The van der Waals surface area contributed by atoms with Gasteiger partial charge in [-0.15, -0.1) is 0 Å². The highest BCUT2D eigenvalue weighted by atomic mass is 19.1. The minimum atomic E-state index is -0.548. The minimum absolute atomic E-state index is 0.138. The first-order valence-corrected chi connectivity index (χ1v) is 8.68. The van der Waals surface area contributed by atoms with Gasteiger partial charge in [-0.25, -0.2) is 4.39 Å². The van der Waals surface area contributed by atoms with E-state index in [-0.39, 0.29) is 16.8 Å². The van der Waals surface area contributed by atoms with Crippen molar-refractivity contribution in [1.82, 2.24) is 4.57 Å². The van der Waals surface area contributed by atoms with Crippen molar-refractivity contribution in [2.75, 3.05) is 0 Å². The first kappa shape index (κ1) is 19.7. The number of hydrogen-bond acceptors (Lipinski definition) is 4. The van der Waals surface area contributed by atoms with Crippen molar-refractivity contribution in [2.45, 2.75) is 13.8 Å². The number of carbonyl (C=O) groups excluding carboxylic acids is 1. The number of rotatable bonds is 5. The maximum Gasteiger partial charge on any atom is 0.270 e. The molecule has 0 aliphatic rings. The molecule has 0 atom stereocenters. The molecule has 6 nitrogen and oxygen atoms in total. The zero-order valence-corrected chi connectivity index (χ0v) is 15.7. The molecule has 29 heavy (non-hydrogen) atoms. The molecule has 7 heteroatoms. The Hall–Kier alpha value is -4.05. The van der Waals surface area contributed by atoms with Gasteiger partial charge in [0.1, 0.15) is 17.5 Å². The number of para-hydroxylation sites is 1. The molecule has 0 N–H and O–H groups in total. The summed E-state index contributed by atoms with van der Waals surface area (Å²) in [4.78, 5) is 23.4. The number of halogens is 1. The van der Waals surface area contributed by atoms with Crippen molar-refractivity contribution in [1.29, 1.82) is 5.26 Å². The van der Waals surface area contributed by atoms with Crippen LogP contribution in [-0.4, -0.2) is 15.3 Å². The maximum absolute atomic E-state index is 14.2. The fourth-order valence-electron chi connectivity index (χ4n) is 3.18.